The molecule has 0 aliphatic carbocycles. The van der Waals surface area contributed by atoms with Crippen molar-refractivity contribution in [2.24, 2.45) is 11.8 Å². The minimum absolute atomic E-state index is 0.118. The first-order valence-corrected chi connectivity index (χ1v) is 18.6. The summed E-state index contributed by atoms with van der Waals surface area (Å²) in [4.78, 5) is 61.7. The summed E-state index contributed by atoms with van der Waals surface area (Å²) in [6.45, 7) is 15.0. The monoisotopic (exact) mass is 763 g/mol. The predicted octanol–water partition coefficient (Wildman–Crippen LogP) is 5.44. The highest BCUT2D eigenvalue weighted by atomic mass is 79.9. The van der Waals surface area contributed by atoms with E-state index >= 15 is 4.79 Å². The zero-order valence-electron chi connectivity index (χ0n) is 30.2. The Bertz CT molecular complexity index is 1650. The SMILES string of the molecule is C=CCCC(=O)N(C)[C@H](C)[C@H](OC(=O)[C@H]1[C@@H]2O[C@@]3(CC2Br)[C@@H]1C(=O)N([C@@H](CC)CO)[C@@H]3C(=O)N(CC=C)c1cc(C)ccc1C)c1ccccc1. The van der Waals surface area contributed by atoms with Crippen LogP contribution in [-0.4, -0.2) is 93.5 Å². The number of fused-ring (bicyclic) bond motifs is 1. The zero-order valence-corrected chi connectivity index (χ0v) is 31.8. The molecule has 51 heavy (non-hydrogen) atoms. The molecule has 3 aliphatic rings. The van der Waals surface area contributed by atoms with Gasteiger partial charge in [0.2, 0.25) is 11.8 Å². The van der Waals surface area contributed by atoms with Gasteiger partial charge in [0, 0.05) is 30.5 Å². The molecule has 0 saturated carbocycles. The number of allylic oxidation sites excluding steroid dienone is 1. The van der Waals surface area contributed by atoms with E-state index in [2.05, 4.69) is 29.1 Å². The molecule has 2 aromatic carbocycles. The third kappa shape index (κ3) is 6.92. The number of anilines is 1. The van der Waals surface area contributed by atoms with Gasteiger partial charge in [0.1, 0.15) is 17.7 Å². The second-order valence-corrected chi connectivity index (χ2v) is 15.2. The molecule has 3 heterocycles. The van der Waals surface area contributed by atoms with Gasteiger partial charge in [-0.25, -0.2) is 0 Å². The summed E-state index contributed by atoms with van der Waals surface area (Å²) in [5.74, 6) is -3.61. The maximum atomic E-state index is 15.0. The van der Waals surface area contributed by atoms with E-state index in [9.17, 15) is 19.5 Å². The van der Waals surface area contributed by atoms with Crippen molar-refractivity contribution in [2.45, 2.75) is 94.1 Å². The van der Waals surface area contributed by atoms with Crippen LogP contribution >= 0.6 is 15.9 Å². The van der Waals surface area contributed by atoms with E-state index in [1.807, 2.05) is 76.2 Å². The van der Waals surface area contributed by atoms with Gasteiger partial charge in [-0.3, -0.25) is 19.2 Å². The average Bonchev–Trinajstić information content (AvgIpc) is 3.72. The van der Waals surface area contributed by atoms with Crippen LogP contribution in [0.5, 0.6) is 0 Å². The molecule has 2 bridgehead atoms. The summed E-state index contributed by atoms with van der Waals surface area (Å²) in [6, 6.07) is 12.7. The molecule has 1 N–H and O–H groups in total. The molecule has 0 radical (unpaired) electrons. The van der Waals surface area contributed by atoms with Crippen LogP contribution in [0, 0.1) is 25.7 Å². The van der Waals surface area contributed by atoms with Gasteiger partial charge < -0.3 is 29.3 Å². The van der Waals surface area contributed by atoms with E-state index in [1.54, 1.807) is 29.0 Å². The number of benzene rings is 2. The Morgan fingerprint density at radius 3 is 2.49 bits per heavy atom. The molecule has 1 spiro atoms. The fourth-order valence-corrected chi connectivity index (χ4v) is 9.08. The number of aliphatic hydroxyl groups is 1. The Morgan fingerprint density at radius 2 is 1.86 bits per heavy atom. The second-order valence-electron chi connectivity index (χ2n) is 14.0. The summed E-state index contributed by atoms with van der Waals surface area (Å²) >= 11 is 3.75. The third-order valence-electron chi connectivity index (χ3n) is 10.9. The van der Waals surface area contributed by atoms with E-state index in [0.29, 0.717) is 30.5 Å². The Hall–Kier alpha value is -3.80. The van der Waals surface area contributed by atoms with Crippen molar-refractivity contribution in [3.8, 4) is 0 Å². The topological polar surface area (TPSA) is 117 Å². The lowest BCUT2D eigenvalue weighted by Gasteiger charge is -2.39. The number of ether oxygens (including phenoxy) is 2. The lowest BCUT2D eigenvalue weighted by Crippen LogP contribution is -2.59. The highest BCUT2D eigenvalue weighted by Gasteiger charge is 2.77. The maximum Gasteiger partial charge on any atom is 0.313 e. The molecule has 3 aliphatic heterocycles. The number of esters is 1. The van der Waals surface area contributed by atoms with Crippen LogP contribution in [0.4, 0.5) is 5.69 Å². The van der Waals surface area contributed by atoms with Gasteiger partial charge in [-0.2, -0.15) is 0 Å². The van der Waals surface area contributed by atoms with Gasteiger partial charge in [0.25, 0.3) is 5.91 Å². The molecule has 9 atom stereocenters. The van der Waals surface area contributed by atoms with Gasteiger partial charge in [0.15, 0.2) is 0 Å². The smallest absolute Gasteiger partial charge is 0.313 e. The highest BCUT2D eigenvalue weighted by molar-refractivity contribution is 9.09. The van der Waals surface area contributed by atoms with E-state index in [-0.39, 0.29) is 36.2 Å². The fourth-order valence-electron chi connectivity index (χ4n) is 8.14. The molecular formula is C40H50BrN3O7. The van der Waals surface area contributed by atoms with Gasteiger partial charge >= 0.3 is 5.97 Å². The number of hydrogen-bond donors (Lipinski definition) is 1. The number of rotatable bonds is 15. The Balaban J connectivity index is 1.56. The lowest BCUT2D eigenvalue weighted by atomic mass is 9.70. The number of carbonyl (C=O) groups excluding carboxylic acids is 4. The van der Waals surface area contributed by atoms with Gasteiger partial charge in [0.05, 0.1) is 36.6 Å². The number of halogens is 1. The number of likely N-dealkylation sites (tertiary alicyclic amines) is 1. The normalized spacial score (nSPS) is 26.6. The van der Waals surface area contributed by atoms with Crippen molar-refractivity contribution in [3.63, 3.8) is 0 Å². The van der Waals surface area contributed by atoms with Crippen molar-refractivity contribution in [3.05, 3.63) is 90.5 Å². The van der Waals surface area contributed by atoms with Crippen LogP contribution in [0.3, 0.4) is 0 Å². The summed E-state index contributed by atoms with van der Waals surface area (Å²) in [6.07, 6.45) is 3.21. The molecular weight excluding hydrogens is 714 g/mol. The molecule has 274 valence electrons. The van der Waals surface area contributed by atoms with Crippen molar-refractivity contribution >= 4 is 45.3 Å². The number of likely N-dealkylation sites (N-methyl/N-ethyl adjacent to an activating group) is 1. The Kier molecular flexibility index (Phi) is 11.9. The van der Waals surface area contributed by atoms with Crippen LogP contribution < -0.4 is 4.90 Å². The van der Waals surface area contributed by atoms with Crippen LogP contribution in [0.2, 0.25) is 0 Å². The van der Waals surface area contributed by atoms with Gasteiger partial charge in [-0.15, -0.1) is 13.2 Å². The van der Waals surface area contributed by atoms with Gasteiger partial charge in [-0.1, -0.05) is 77.5 Å². The van der Waals surface area contributed by atoms with E-state index in [0.717, 1.165) is 11.1 Å². The Morgan fingerprint density at radius 1 is 1.16 bits per heavy atom. The number of nitrogens with zero attached hydrogens (tertiary/aromatic N) is 3. The number of carbonyl (C=O) groups is 4. The molecule has 5 rings (SSSR count). The number of alkyl halides is 1. The fraction of sp³-hybridized carbons (Fsp3) is 0.500. The van der Waals surface area contributed by atoms with Crippen LogP contribution in [0.1, 0.15) is 62.3 Å². The molecule has 10 nitrogen and oxygen atoms in total. The van der Waals surface area contributed by atoms with Gasteiger partial charge in [-0.05, 0) is 62.8 Å². The Labute approximate surface area is 309 Å². The minimum atomic E-state index is -1.36. The standard InChI is InChI=1S/C40H50BrN3O7/c1-8-11-17-31(46)42(7)26(6)34(27-15-13-12-14-16-27)50-39(49)32-33-37(47)44(28(10-3)23-45)36(40(33)22-29(41)35(32)51-40)38(48)43(20-9-2)30-21-24(4)18-19-25(30)5/h8-9,12-16,18-19,21,26,28-29,32-36,45H,1-2,10-11,17,20,22-23H2,3-7H3/t26-,28+,29?,32-,33+,34+,35-,36-,40+/m1/s1. The molecule has 3 amide bonds. The molecule has 2 aromatic rings. The third-order valence-corrected chi connectivity index (χ3v) is 11.8. The van der Waals surface area contributed by atoms with Crippen molar-refractivity contribution < 1.29 is 33.8 Å². The average molecular weight is 765 g/mol. The molecule has 3 saturated heterocycles. The van der Waals surface area contributed by atoms with Crippen molar-refractivity contribution in [1.29, 1.82) is 0 Å². The highest BCUT2D eigenvalue weighted by Crippen LogP contribution is 2.61. The lowest BCUT2D eigenvalue weighted by molar-refractivity contribution is -0.165. The largest absolute Gasteiger partial charge is 0.455 e. The quantitative estimate of drug-likeness (QED) is 0.146. The number of aliphatic hydroxyl groups excluding tert-OH is 1. The minimum Gasteiger partial charge on any atom is -0.455 e. The number of hydrogen-bond acceptors (Lipinski definition) is 7. The summed E-state index contributed by atoms with van der Waals surface area (Å²) < 4.78 is 13.1. The summed E-state index contributed by atoms with van der Waals surface area (Å²) in [7, 11) is 1.68. The van der Waals surface area contributed by atoms with E-state index in [4.69, 9.17) is 9.47 Å². The van der Waals surface area contributed by atoms with Crippen LogP contribution in [0.15, 0.2) is 73.8 Å². The maximum absolute atomic E-state index is 15.0. The summed E-state index contributed by atoms with van der Waals surface area (Å²) in [5.41, 5.74) is 1.87. The number of amides is 3. The van der Waals surface area contributed by atoms with E-state index < -0.39 is 59.6 Å². The van der Waals surface area contributed by atoms with Crippen molar-refractivity contribution in [2.75, 3.05) is 25.1 Å². The second kappa shape index (κ2) is 15.8. The molecule has 3 fully saturated rings. The number of aryl methyl sites for hydroxylation is 2. The molecule has 1 unspecified atom stereocenters. The molecule has 0 aromatic heterocycles. The van der Waals surface area contributed by atoms with Crippen LogP contribution in [-0.2, 0) is 28.7 Å². The first-order valence-electron chi connectivity index (χ1n) is 17.7. The first kappa shape index (κ1) is 38.4. The molecule has 11 heteroatoms. The first-order chi connectivity index (χ1) is 24.4. The zero-order chi connectivity index (χ0) is 37.2. The predicted molar refractivity (Wildman–Crippen MR) is 199 cm³/mol. The summed E-state index contributed by atoms with van der Waals surface area (Å²) in [5, 5.41) is 10.5. The van der Waals surface area contributed by atoms with Crippen molar-refractivity contribution in [1.82, 2.24) is 9.80 Å². The van der Waals surface area contributed by atoms with E-state index in [1.165, 1.54) is 4.90 Å². The van der Waals surface area contributed by atoms with Crippen LogP contribution in [0.25, 0.3) is 0 Å².